The van der Waals surface area contributed by atoms with Crippen molar-refractivity contribution in [3.05, 3.63) is 29.7 Å². The maximum absolute atomic E-state index is 5.86. The Morgan fingerprint density at radius 2 is 2.16 bits per heavy atom. The summed E-state index contributed by atoms with van der Waals surface area (Å²) in [5.41, 5.74) is 0.587. The van der Waals surface area contributed by atoms with E-state index in [9.17, 15) is 0 Å². The van der Waals surface area contributed by atoms with E-state index in [1.165, 1.54) is 6.20 Å². The lowest BCUT2D eigenvalue weighted by atomic mass is 10.4. The zero-order valence-electron chi connectivity index (χ0n) is 9.88. The lowest BCUT2D eigenvalue weighted by molar-refractivity contribution is 0.467. The Bertz CT molecular complexity index is 728. The second kappa shape index (κ2) is 4.69. The average Bonchev–Trinajstić information content (AvgIpc) is 2.87. The molecule has 8 heteroatoms. The third kappa shape index (κ3) is 2.27. The molecule has 3 rings (SSSR count). The van der Waals surface area contributed by atoms with Crippen LogP contribution in [-0.4, -0.2) is 32.2 Å². The van der Waals surface area contributed by atoms with Crippen LogP contribution >= 0.6 is 11.6 Å². The van der Waals surface area contributed by atoms with Gasteiger partial charge in [0, 0.05) is 19.3 Å². The maximum Gasteiger partial charge on any atom is 0.235 e. The van der Waals surface area contributed by atoms with E-state index in [1.54, 1.807) is 25.5 Å². The molecule has 0 amide bonds. The number of aromatic nitrogens is 5. The number of pyridine rings is 1. The smallest absolute Gasteiger partial charge is 0.235 e. The zero-order chi connectivity index (χ0) is 13.2. The van der Waals surface area contributed by atoms with Gasteiger partial charge in [-0.25, -0.2) is 0 Å². The second-order valence-electron chi connectivity index (χ2n) is 3.68. The molecule has 3 aromatic rings. The first-order chi connectivity index (χ1) is 9.26. The second-order valence-corrected chi connectivity index (χ2v) is 4.11. The van der Waals surface area contributed by atoms with Crippen molar-refractivity contribution in [2.24, 2.45) is 0 Å². The van der Waals surface area contributed by atoms with Gasteiger partial charge in [0.1, 0.15) is 11.1 Å². The standard InChI is InChI=1S/C11H9ClN6O/c1-13-11-16-9-8(5-15-18-9)10(17-11)19-7-2-6(12)3-14-4-7/h2-5H,1H3,(H2,13,15,16,17,18). The van der Waals surface area contributed by atoms with Crippen LogP contribution < -0.4 is 10.1 Å². The summed E-state index contributed by atoms with van der Waals surface area (Å²) in [7, 11) is 1.72. The number of aromatic amines is 1. The number of ether oxygens (including phenoxy) is 1. The molecule has 0 bridgehead atoms. The lowest BCUT2D eigenvalue weighted by Crippen LogP contribution is -1.99. The van der Waals surface area contributed by atoms with Crippen LogP contribution in [0.3, 0.4) is 0 Å². The quantitative estimate of drug-likeness (QED) is 0.763. The maximum atomic E-state index is 5.86. The SMILES string of the molecule is CNc1nc(Oc2cncc(Cl)c2)c2cn[nH]c2n1. The van der Waals surface area contributed by atoms with Crippen LogP contribution in [0.25, 0.3) is 11.0 Å². The van der Waals surface area contributed by atoms with Gasteiger partial charge in [-0.15, -0.1) is 0 Å². The predicted molar refractivity (Wildman–Crippen MR) is 70.6 cm³/mol. The number of nitrogens with zero attached hydrogens (tertiary/aromatic N) is 4. The van der Waals surface area contributed by atoms with Gasteiger partial charge in [0.15, 0.2) is 5.65 Å². The van der Waals surface area contributed by atoms with Gasteiger partial charge in [0.2, 0.25) is 11.8 Å². The molecule has 0 aromatic carbocycles. The van der Waals surface area contributed by atoms with Crippen LogP contribution in [0, 0.1) is 0 Å². The molecule has 0 fully saturated rings. The van der Waals surface area contributed by atoms with Crippen molar-refractivity contribution in [2.75, 3.05) is 12.4 Å². The fraction of sp³-hybridized carbons (Fsp3) is 0.0909. The van der Waals surface area contributed by atoms with Gasteiger partial charge >= 0.3 is 0 Å². The van der Waals surface area contributed by atoms with Gasteiger partial charge in [0.25, 0.3) is 0 Å². The van der Waals surface area contributed by atoms with Crippen LogP contribution in [-0.2, 0) is 0 Å². The molecule has 0 spiro atoms. The summed E-state index contributed by atoms with van der Waals surface area (Å²) in [6.07, 6.45) is 4.68. The van der Waals surface area contributed by atoms with E-state index in [2.05, 4.69) is 30.5 Å². The van der Waals surface area contributed by atoms with E-state index in [-0.39, 0.29) is 0 Å². The predicted octanol–water partition coefficient (Wildman–Crippen LogP) is 2.24. The van der Waals surface area contributed by atoms with Gasteiger partial charge in [-0.3, -0.25) is 10.1 Å². The normalized spacial score (nSPS) is 10.6. The van der Waals surface area contributed by atoms with Crippen molar-refractivity contribution in [1.82, 2.24) is 25.1 Å². The topological polar surface area (TPSA) is 88.6 Å². The third-order valence-electron chi connectivity index (χ3n) is 2.39. The number of halogens is 1. The fourth-order valence-corrected chi connectivity index (χ4v) is 1.72. The molecule has 0 radical (unpaired) electrons. The number of anilines is 1. The molecule has 2 N–H and O–H groups in total. The Balaban J connectivity index is 2.06. The molecule has 0 aliphatic carbocycles. The number of rotatable bonds is 3. The molecule has 19 heavy (non-hydrogen) atoms. The van der Waals surface area contributed by atoms with Gasteiger partial charge in [-0.2, -0.15) is 15.1 Å². The van der Waals surface area contributed by atoms with Gasteiger partial charge in [-0.1, -0.05) is 11.6 Å². The molecular weight excluding hydrogens is 268 g/mol. The monoisotopic (exact) mass is 276 g/mol. The summed E-state index contributed by atoms with van der Waals surface area (Å²) < 4.78 is 5.68. The summed E-state index contributed by atoms with van der Waals surface area (Å²) in [4.78, 5) is 12.4. The Labute approximate surface area is 113 Å². The van der Waals surface area contributed by atoms with E-state index in [4.69, 9.17) is 16.3 Å². The van der Waals surface area contributed by atoms with E-state index >= 15 is 0 Å². The van der Waals surface area contributed by atoms with Crippen molar-refractivity contribution < 1.29 is 4.74 Å². The van der Waals surface area contributed by atoms with Crippen LogP contribution in [0.15, 0.2) is 24.7 Å². The van der Waals surface area contributed by atoms with E-state index in [1.807, 2.05) is 0 Å². The molecule has 7 nitrogen and oxygen atoms in total. The third-order valence-corrected chi connectivity index (χ3v) is 2.60. The van der Waals surface area contributed by atoms with Crippen molar-refractivity contribution in [3.63, 3.8) is 0 Å². The minimum absolute atomic E-state index is 0.382. The Kier molecular flexibility index (Phi) is 2.88. The van der Waals surface area contributed by atoms with Crippen LogP contribution in [0.2, 0.25) is 5.02 Å². The highest BCUT2D eigenvalue weighted by atomic mass is 35.5. The highest BCUT2D eigenvalue weighted by Crippen LogP contribution is 2.27. The molecule has 0 saturated carbocycles. The fourth-order valence-electron chi connectivity index (χ4n) is 1.56. The van der Waals surface area contributed by atoms with Crippen molar-refractivity contribution in [2.45, 2.75) is 0 Å². The summed E-state index contributed by atoms with van der Waals surface area (Å²) in [6, 6.07) is 1.65. The molecule has 3 heterocycles. The number of H-pyrrole nitrogens is 1. The molecule has 96 valence electrons. The van der Waals surface area contributed by atoms with Gasteiger partial charge < -0.3 is 10.1 Å². The molecule has 0 aliphatic rings. The molecule has 3 aromatic heterocycles. The highest BCUT2D eigenvalue weighted by molar-refractivity contribution is 6.30. The number of nitrogens with one attached hydrogen (secondary N) is 2. The minimum atomic E-state index is 0.382. The summed E-state index contributed by atoms with van der Waals surface area (Å²) in [5, 5.41) is 10.7. The summed E-state index contributed by atoms with van der Waals surface area (Å²) in [6.45, 7) is 0. The highest BCUT2D eigenvalue weighted by Gasteiger charge is 2.11. The number of fused-ring (bicyclic) bond motifs is 1. The van der Waals surface area contributed by atoms with Crippen LogP contribution in [0.4, 0.5) is 5.95 Å². The first-order valence-corrected chi connectivity index (χ1v) is 5.81. The summed E-state index contributed by atoms with van der Waals surface area (Å²) in [5.74, 6) is 1.31. The number of hydrogen-bond donors (Lipinski definition) is 2. The number of hydrogen-bond acceptors (Lipinski definition) is 6. The van der Waals surface area contributed by atoms with Crippen molar-refractivity contribution >= 4 is 28.6 Å². The van der Waals surface area contributed by atoms with E-state index < -0.39 is 0 Å². The Morgan fingerprint density at radius 1 is 1.26 bits per heavy atom. The molecule has 0 atom stereocenters. The van der Waals surface area contributed by atoms with E-state index in [0.29, 0.717) is 33.6 Å². The lowest BCUT2D eigenvalue weighted by Gasteiger charge is -2.06. The van der Waals surface area contributed by atoms with E-state index in [0.717, 1.165) is 0 Å². The average molecular weight is 277 g/mol. The van der Waals surface area contributed by atoms with Gasteiger partial charge in [-0.05, 0) is 0 Å². The summed E-state index contributed by atoms with van der Waals surface area (Å²) >= 11 is 5.86. The molecule has 0 aliphatic heterocycles. The minimum Gasteiger partial charge on any atom is -0.436 e. The Hall–Kier alpha value is -2.41. The molecule has 0 unspecified atom stereocenters. The van der Waals surface area contributed by atoms with Gasteiger partial charge in [0.05, 0.1) is 17.4 Å². The largest absolute Gasteiger partial charge is 0.436 e. The van der Waals surface area contributed by atoms with Crippen molar-refractivity contribution in [3.8, 4) is 11.6 Å². The molecular formula is C11H9ClN6O. The first-order valence-electron chi connectivity index (χ1n) is 5.43. The van der Waals surface area contributed by atoms with Crippen LogP contribution in [0.5, 0.6) is 11.6 Å². The first kappa shape index (κ1) is 11.7. The zero-order valence-corrected chi connectivity index (χ0v) is 10.6. The van der Waals surface area contributed by atoms with Crippen molar-refractivity contribution in [1.29, 1.82) is 0 Å². The van der Waals surface area contributed by atoms with Crippen LogP contribution in [0.1, 0.15) is 0 Å². The Morgan fingerprint density at radius 3 is 2.95 bits per heavy atom. The molecule has 0 saturated heterocycles.